The first-order valence-electron chi connectivity index (χ1n) is 6.86. The van der Waals surface area contributed by atoms with Crippen LogP contribution in [-0.4, -0.2) is 19.1 Å². The Hall–Kier alpha value is -2.66. The van der Waals surface area contributed by atoms with Gasteiger partial charge in [-0.1, -0.05) is 24.3 Å². The molecule has 2 aromatic rings. The summed E-state index contributed by atoms with van der Waals surface area (Å²) in [6.45, 7) is 1.16. The zero-order valence-electron chi connectivity index (χ0n) is 11.8. The Morgan fingerprint density at radius 1 is 1.23 bits per heavy atom. The molecule has 0 atom stereocenters. The summed E-state index contributed by atoms with van der Waals surface area (Å²) in [6.07, 6.45) is 1.86. The first-order valence-corrected chi connectivity index (χ1v) is 6.86. The number of nitrogens with one attached hydrogen (secondary N) is 1. The van der Waals surface area contributed by atoms with Gasteiger partial charge in [-0.15, -0.1) is 0 Å². The monoisotopic (exact) mass is 298 g/mol. The summed E-state index contributed by atoms with van der Waals surface area (Å²) in [6, 6.07) is 11.4. The largest absolute Gasteiger partial charge is 0.397 e. The molecule has 0 spiro atoms. The molecule has 2 aromatic carbocycles. The third-order valence-corrected chi connectivity index (χ3v) is 3.39. The normalized spacial score (nSPS) is 13.4. The maximum absolute atomic E-state index is 14.1. The number of amides is 1. The van der Waals surface area contributed by atoms with Crippen molar-refractivity contribution in [2.45, 2.75) is 0 Å². The second-order valence-corrected chi connectivity index (χ2v) is 5.08. The van der Waals surface area contributed by atoms with Crippen LogP contribution in [0.4, 0.5) is 15.8 Å². The number of hydrogen-bond donors (Lipinski definition) is 2. The van der Waals surface area contributed by atoms with E-state index in [0.717, 1.165) is 5.57 Å². The fourth-order valence-corrected chi connectivity index (χ4v) is 2.14. The van der Waals surface area contributed by atoms with Crippen LogP contribution < -0.4 is 11.1 Å². The fourth-order valence-electron chi connectivity index (χ4n) is 2.14. The minimum Gasteiger partial charge on any atom is -0.397 e. The van der Waals surface area contributed by atoms with E-state index in [1.807, 2.05) is 6.08 Å². The topological polar surface area (TPSA) is 64.3 Å². The quantitative estimate of drug-likeness (QED) is 0.856. The van der Waals surface area contributed by atoms with Gasteiger partial charge >= 0.3 is 0 Å². The van der Waals surface area contributed by atoms with Gasteiger partial charge in [-0.2, -0.15) is 0 Å². The molecule has 1 saturated heterocycles. The maximum atomic E-state index is 14.1. The highest BCUT2D eigenvalue weighted by molar-refractivity contribution is 6.06. The molecule has 4 nitrogen and oxygen atoms in total. The predicted octanol–water partition coefficient (Wildman–Crippen LogP) is 3.07. The molecule has 0 aliphatic carbocycles. The number of ether oxygens (including phenoxy) is 1. The number of para-hydroxylation sites is 2. The Balaban J connectivity index is 1.79. The molecule has 0 unspecified atom stereocenters. The van der Waals surface area contributed by atoms with Gasteiger partial charge in [0.15, 0.2) is 0 Å². The second-order valence-electron chi connectivity index (χ2n) is 5.08. The number of nitrogens with two attached hydrogens (primary N) is 1. The molecule has 1 aliphatic heterocycles. The summed E-state index contributed by atoms with van der Waals surface area (Å²) in [5.74, 6) is -1.09. The van der Waals surface area contributed by atoms with Crippen molar-refractivity contribution in [2.75, 3.05) is 24.3 Å². The van der Waals surface area contributed by atoms with Crippen LogP contribution in [0, 0.1) is 5.82 Å². The minimum absolute atomic E-state index is 0.0183. The van der Waals surface area contributed by atoms with Crippen LogP contribution in [0.1, 0.15) is 15.9 Å². The smallest absolute Gasteiger partial charge is 0.258 e. The van der Waals surface area contributed by atoms with Gasteiger partial charge in [-0.3, -0.25) is 4.79 Å². The molecule has 1 aliphatic rings. The van der Waals surface area contributed by atoms with E-state index in [-0.39, 0.29) is 5.56 Å². The summed E-state index contributed by atoms with van der Waals surface area (Å²) < 4.78 is 19.2. The lowest BCUT2D eigenvalue weighted by molar-refractivity contribution is 0.102. The zero-order valence-corrected chi connectivity index (χ0v) is 11.8. The van der Waals surface area contributed by atoms with E-state index in [0.29, 0.717) is 30.2 Å². The van der Waals surface area contributed by atoms with Crippen LogP contribution in [-0.2, 0) is 4.74 Å². The highest BCUT2D eigenvalue weighted by Gasteiger charge is 2.14. The molecule has 1 heterocycles. The summed E-state index contributed by atoms with van der Waals surface area (Å²) in [5.41, 5.74) is 8.45. The van der Waals surface area contributed by atoms with Crippen molar-refractivity contribution < 1.29 is 13.9 Å². The van der Waals surface area contributed by atoms with E-state index in [9.17, 15) is 9.18 Å². The third-order valence-electron chi connectivity index (χ3n) is 3.39. The van der Waals surface area contributed by atoms with Crippen molar-refractivity contribution in [3.05, 3.63) is 65.0 Å². The summed E-state index contributed by atoms with van der Waals surface area (Å²) in [7, 11) is 0. The number of carbonyl (C=O) groups is 1. The molecule has 0 aromatic heterocycles. The molecule has 22 heavy (non-hydrogen) atoms. The van der Waals surface area contributed by atoms with Crippen molar-refractivity contribution in [3.63, 3.8) is 0 Å². The number of nitrogen functional groups attached to an aromatic ring is 1. The second kappa shape index (κ2) is 5.99. The van der Waals surface area contributed by atoms with E-state index in [2.05, 4.69) is 5.32 Å². The van der Waals surface area contributed by atoms with Crippen LogP contribution in [0.3, 0.4) is 0 Å². The number of benzene rings is 2. The number of halogens is 1. The van der Waals surface area contributed by atoms with Gasteiger partial charge in [-0.05, 0) is 35.4 Å². The summed E-state index contributed by atoms with van der Waals surface area (Å²) >= 11 is 0. The molecule has 0 bridgehead atoms. The average molecular weight is 298 g/mol. The predicted molar refractivity (Wildman–Crippen MR) is 84.0 cm³/mol. The van der Waals surface area contributed by atoms with Gasteiger partial charge in [0.05, 0.1) is 30.2 Å². The molecular weight excluding hydrogens is 283 g/mol. The molecule has 1 amide bonds. The van der Waals surface area contributed by atoms with Crippen LogP contribution in [0.25, 0.3) is 6.08 Å². The lowest BCUT2D eigenvalue weighted by Gasteiger charge is -2.17. The molecular formula is C17H15FN2O2. The molecule has 0 radical (unpaired) electrons. The van der Waals surface area contributed by atoms with Crippen molar-refractivity contribution >= 4 is 23.4 Å². The molecule has 0 saturated carbocycles. The van der Waals surface area contributed by atoms with Crippen molar-refractivity contribution in [1.82, 2.24) is 0 Å². The van der Waals surface area contributed by atoms with E-state index in [4.69, 9.17) is 10.5 Å². The van der Waals surface area contributed by atoms with Gasteiger partial charge < -0.3 is 15.8 Å². The highest BCUT2D eigenvalue weighted by Crippen LogP contribution is 2.20. The first kappa shape index (κ1) is 14.3. The molecule has 5 heteroatoms. The number of rotatable bonds is 3. The summed E-state index contributed by atoms with van der Waals surface area (Å²) in [5, 5.41) is 2.61. The van der Waals surface area contributed by atoms with Crippen LogP contribution >= 0.6 is 0 Å². The first-order chi connectivity index (χ1) is 10.6. The molecule has 112 valence electrons. The highest BCUT2D eigenvalue weighted by atomic mass is 19.1. The van der Waals surface area contributed by atoms with Gasteiger partial charge in [0, 0.05) is 0 Å². The molecule has 3 N–H and O–H groups in total. The lowest BCUT2D eigenvalue weighted by Crippen LogP contribution is -2.16. The Morgan fingerprint density at radius 2 is 2.00 bits per heavy atom. The zero-order chi connectivity index (χ0) is 15.5. The SMILES string of the molecule is Nc1ccccc1NC(=O)c1ccc(C=C2COC2)cc1F. The minimum atomic E-state index is -0.568. The van der Waals surface area contributed by atoms with Crippen molar-refractivity contribution in [2.24, 2.45) is 0 Å². The standard InChI is InChI=1S/C17H15FN2O2/c18-14-8-11(7-12-9-22-10-12)5-6-13(14)17(21)20-16-4-2-1-3-15(16)19/h1-8H,9-10,19H2,(H,20,21). The van der Waals surface area contributed by atoms with Crippen molar-refractivity contribution in [3.8, 4) is 0 Å². The number of carbonyl (C=O) groups excluding carboxylic acids is 1. The van der Waals surface area contributed by atoms with Gasteiger partial charge in [0.25, 0.3) is 5.91 Å². The lowest BCUT2D eigenvalue weighted by atomic mass is 10.1. The Morgan fingerprint density at radius 3 is 2.64 bits per heavy atom. The number of anilines is 2. The van der Waals surface area contributed by atoms with E-state index >= 15 is 0 Å². The Kier molecular flexibility index (Phi) is 3.89. The van der Waals surface area contributed by atoms with Gasteiger partial charge in [0.2, 0.25) is 0 Å². The fraction of sp³-hybridized carbons (Fsp3) is 0.118. The van der Waals surface area contributed by atoms with E-state index in [1.165, 1.54) is 12.1 Å². The van der Waals surface area contributed by atoms with E-state index < -0.39 is 11.7 Å². The van der Waals surface area contributed by atoms with Crippen molar-refractivity contribution in [1.29, 1.82) is 0 Å². The Labute approximate surface area is 127 Å². The van der Waals surface area contributed by atoms with Gasteiger partial charge in [0.1, 0.15) is 5.82 Å². The van der Waals surface area contributed by atoms with Crippen LogP contribution in [0.15, 0.2) is 48.0 Å². The third kappa shape index (κ3) is 2.99. The average Bonchev–Trinajstić information content (AvgIpc) is 2.45. The van der Waals surface area contributed by atoms with E-state index in [1.54, 1.807) is 30.3 Å². The maximum Gasteiger partial charge on any atom is 0.258 e. The van der Waals surface area contributed by atoms with Gasteiger partial charge in [-0.25, -0.2) is 4.39 Å². The molecule has 3 rings (SSSR count). The van der Waals surface area contributed by atoms with Crippen LogP contribution in [0.5, 0.6) is 0 Å². The van der Waals surface area contributed by atoms with Crippen LogP contribution in [0.2, 0.25) is 0 Å². The summed E-state index contributed by atoms with van der Waals surface area (Å²) in [4.78, 5) is 12.1. The molecule has 1 fully saturated rings. The number of hydrogen-bond acceptors (Lipinski definition) is 3. The Bertz CT molecular complexity index is 750.